The van der Waals surface area contributed by atoms with E-state index in [0.717, 1.165) is 11.4 Å². The monoisotopic (exact) mass is 296 g/mol. The van der Waals surface area contributed by atoms with E-state index < -0.39 is 0 Å². The lowest BCUT2D eigenvalue weighted by molar-refractivity contribution is 0.342. The number of anilines is 3. The third-order valence-electron chi connectivity index (χ3n) is 2.52. The molecule has 0 spiro atoms. The molecule has 100 valence electrons. The molecule has 0 saturated heterocycles. The molecule has 0 aliphatic rings. The molecule has 0 aliphatic carbocycles. The summed E-state index contributed by atoms with van der Waals surface area (Å²) in [6.07, 6.45) is 0. The molecule has 0 amide bonds. The second-order valence-electron chi connectivity index (χ2n) is 3.94. The van der Waals surface area contributed by atoms with Crippen LogP contribution < -0.4 is 15.8 Å². The Labute approximate surface area is 122 Å². The third kappa shape index (κ3) is 3.46. The first kappa shape index (κ1) is 13.8. The highest BCUT2D eigenvalue weighted by atomic mass is 35.5. The molecule has 0 atom stereocenters. The van der Waals surface area contributed by atoms with E-state index in [2.05, 4.69) is 5.32 Å². The van der Waals surface area contributed by atoms with Gasteiger partial charge in [-0.15, -0.1) is 0 Å². The maximum atomic E-state index is 5.97. The average molecular weight is 297 g/mol. The minimum Gasteiger partial charge on any atom is -0.492 e. The molecule has 0 saturated carbocycles. The van der Waals surface area contributed by atoms with Crippen LogP contribution in [0.5, 0.6) is 5.75 Å². The predicted octanol–water partition coefficient (Wildman–Crippen LogP) is 4.72. The van der Waals surface area contributed by atoms with Gasteiger partial charge in [0.05, 0.1) is 22.3 Å². The fourth-order valence-corrected chi connectivity index (χ4v) is 1.93. The standard InChI is InChI=1S/C14H14Cl2N2O/c1-2-19-14-8-10(4-6-13(14)17)18-9-3-5-11(15)12(16)7-9/h3-8,18H,2,17H2,1H3. The SMILES string of the molecule is CCOc1cc(Nc2ccc(Cl)c(Cl)c2)ccc1N. The van der Waals surface area contributed by atoms with Crippen LogP contribution in [0.4, 0.5) is 17.1 Å². The first-order valence-electron chi connectivity index (χ1n) is 5.84. The second-order valence-corrected chi connectivity index (χ2v) is 4.75. The Morgan fingerprint density at radius 2 is 1.74 bits per heavy atom. The van der Waals surface area contributed by atoms with Gasteiger partial charge in [0.15, 0.2) is 0 Å². The molecule has 0 fully saturated rings. The molecule has 19 heavy (non-hydrogen) atoms. The van der Waals surface area contributed by atoms with Gasteiger partial charge in [-0.25, -0.2) is 0 Å². The smallest absolute Gasteiger partial charge is 0.144 e. The normalized spacial score (nSPS) is 10.3. The van der Waals surface area contributed by atoms with Crippen molar-refractivity contribution >= 4 is 40.3 Å². The lowest BCUT2D eigenvalue weighted by Crippen LogP contribution is -1.98. The van der Waals surface area contributed by atoms with Gasteiger partial charge in [-0.3, -0.25) is 0 Å². The summed E-state index contributed by atoms with van der Waals surface area (Å²) in [7, 11) is 0. The zero-order valence-electron chi connectivity index (χ0n) is 10.4. The van der Waals surface area contributed by atoms with Crippen molar-refractivity contribution in [1.82, 2.24) is 0 Å². The van der Waals surface area contributed by atoms with Gasteiger partial charge in [0.1, 0.15) is 5.75 Å². The Kier molecular flexibility index (Phi) is 4.40. The quantitative estimate of drug-likeness (QED) is 0.803. The van der Waals surface area contributed by atoms with E-state index in [4.69, 9.17) is 33.7 Å². The summed E-state index contributed by atoms with van der Waals surface area (Å²) < 4.78 is 5.45. The fourth-order valence-electron chi connectivity index (χ4n) is 1.63. The highest BCUT2D eigenvalue weighted by molar-refractivity contribution is 6.42. The average Bonchev–Trinajstić information content (AvgIpc) is 2.38. The number of nitrogen functional groups attached to an aromatic ring is 1. The van der Waals surface area contributed by atoms with Gasteiger partial charge in [0.2, 0.25) is 0 Å². The number of benzene rings is 2. The summed E-state index contributed by atoms with van der Waals surface area (Å²) in [6, 6.07) is 10.9. The van der Waals surface area contributed by atoms with Gasteiger partial charge in [-0.05, 0) is 37.3 Å². The zero-order valence-corrected chi connectivity index (χ0v) is 11.9. The molecule has 0 aliphatic heterocycles. The Bertz CT molecular complexity index is 588. The van der Waals surface area contributed by atoms with Crippen LogP contribution in [-0.4, -0.2) is 6.61 Å². The number of nitrogens with one attached hydrogen (secondary N) is 1. The molecule has 2 rings (SSSR count). The molecular weight excluding hydrogens is 283 g/mol. The Hall–Kier alpha value is -1.58. The minimum absolute atomic E-state index is 0.507. The largest absolute Gasteiger partial charge is 0.492 e. The van der Waals surface area contributed by atoms with Crippen molar-refractivity contribution in [2.24, 2.45) is 0 Å². The van der Waals surface area contributed by atoms with Crippen LogP contribution in [0.1, 0.15) is 6.92 Å². The number of ether oxygens (including phenoxy) is 1. The molecule has 0 radical (unpaired) electrons. The summed E-state index contributed by atoms with van der Waals surface area (Å²) in [4.78, 5) is 0. The number of hydrogen-bond donors (Lipinski definition) is 2. The predicted molar refractivity (Wildman–Crippen MR) is 81.8 cm³/mol. The molecule has 0 heterocycles. The van der Waals surface area contributed by atoms with Crippen molar-refractivity contribution in [2.45, 2.75) is 6.92 Å². The van der Waals surface area contributed by atoms with Gasteiger partial charge in [-0.1, -0.05) is 23.2 Å². The van der Waals surface area contributed by atoms with E-state index >= 15 is 0 Å². The molecule has 2 aromatic carbocycles. The Morgan fingerprint density at radius 1 is 1.05 bits per heavy atom. The molecule has 0 aromatic heterocycles. The van der Waals surface area contributed by atoms with E-state index in [1.807, 2.05) is 25.1 Å². The van der Waals surface area contributed by atoms with Crippen molar-refractivity contribution in [3.8, 4) is 5.75 Å². The number of nitrogens with two attached hydrogens (primary N) is 1. The van der Waals surface area contributed by atoms with Gasteiger partial charge < -0.3 is 15.8 Å². The molecule has 0 unspecified atom stereocenters. The van der Waals surface area contributed by atoms with Crippen LogP contribution in [0.3, 0.4) is 0 Å². The number of rotatable bonds is 4. The minimum atomic E-state index is 0.507. The van der Waals surface area contributed by atoms with E-state index in [9.17, 15) is 0 Å². The summed E-state index contributed by atoms with van der Waals surface area (Å²) in [5, 5.41) is 4.25. The summed E-state index contributed by atoms with van der Waals surface area (Å²) in [5.74, 6) is 0.660. The van der Waals surface area contributed by atoms with Crippen molar-refractivity contribution in [1.29, 1.82) is 0 Å². The highest BCUT2D eigenvalue weighted by Gasteiger charge is 2.04. The summed E-state index contributed by atoms with van der Waals surface area (Å²) in [6.45, 7) is 2.49. The number of halogens is 2. The lowest BCUT2D eigenvalue weighted by atomic mass is 10.2. The van der Waals surface area contributed by atoms with Crippen LogP contribution in [0.2, 0.25) is 10.0 Å². The fraction of sp³-hybridized carbons (Fsp3) is 0.143. The molecule has 3 nitrogen and oxygen atoms in total. The van der Waals surface area contributed by atoms with Crippen molar-refractivity contribution in [3.05, 3.63) is 46.4 Å². The van der Waals surface area contributed by atoms with E-state index in [0.29, 0.717) is 28.1 Å². The maximum Gasteiger partial charge on any atom is 0.144 e. The van der Waals surface area contributed by atoms with Crippen LogP contribution in [0.25, 0.3) is 0 Å². The van der Waals surface area contributed by atoms with Crippen molar-refractivity contribution in [2.75, 3.05) is 17.7 Å². The van der Waals surface area contributed by atoms with Crippen molar-refractivity contribution in [3.63, 3.8) is 0 Å². The van der Waals surface area contributed by atoms with Crippen LogP contribution in [-0.2, 0) is 0 Å². The van der Waals surface area contributed by atoms with Gasteiger partial charge in [-0.2, -0.15) is 0 Å². The summed E-state index contributed by atoms with van der Waals surface area (Å²) in [5.41, 5.74) is 8.15. The summed E-state index contributed by atoms with van der Waals surface area (Å²) >= 11 is 11.8. The molecule has 5 heteroatoms. The van der Waals surface area contributed by atoms with E-state index in [1.54, 1.807) is 18.2 Å². The van der Waals surface area contributed by atoms with Gasteiger partial charge >= 0.3 is 0 Å². The first-order chi connectivity index (χ1) is 9.10. The van der Waals surface area contributed by atoms with Crippen molar-refractivity contribution < 1.29 is 4.74 Å². The topological polar surface area (TPSA) is 47.3 Å². The Morgan fingerprint density at radius 3 is 2.42 bits per heavy atom. The van der Waals surface area contributed by atoms with Gasteiger partial charge in [0.25, 0.3) is 0 Å². The third-order valence-corrected chi connectivity index (χ3v) is 3.26. The van der Waals surface area contributed by atoms with E-state index in [1.165, 1.54) is 0 Å². The number of hydrogen-bond acceptors (Lipinski definition) is 3. The second kappa shape index (κ2) is 6.04. The van der Waals surface area contributed by atoms with Crippen LogP contribution in [0, 0.1) is 0 Å². The molecular formula is C14H14Cl2N2O. The Balaban J connectivity index is 2.22. The van der Waals surface area contributed by atoms with Gasteiger partial charge in [0, 0.05) is 17.4 Å². The molecule has 3 N–H and O–H groups in total. The first-order valence-corrected chi connectivity index (χ1v) is 6.60. The zero-order chi connectivity index (χ0) is 13.8. The molecule has 2 aromatic rings. The highest BCUT2D eigenvalue weighted by Crippen LogP contribution is 2.30. The van der Waals surface area contributed by atoms with E-state index in [-0.39, 0.29) is 0 Å². The maximum absolute atomic E-state index is 5.97. The lowest BCUT2D eigenvalue weighted by Gasteiger charge is -2.11. The van der Waals surface area contributed by atoms with Crippen LogP contribution >= 0.6 is 23.2 Å². The molecule has 0 bridgehead atoms. The van der Waals surface area contributed by atoms with Crippen LogP contribution in [0.15, 0.2) is 36.4 Å².